The molecule has 104 valence electrons. The van der Waals surface area contributed by atoms with Crippen LogP contribution in [0.3, 0.4) is 0 Å². The molecule has 1 aromatic carbocycles. The van der Waals surface area contributed by atoms with Crippen LogP contribution in [0.2, 0.25) is 0 Å². The number of carbonyl (C=O) groups excluding carboxylic acids is 1. The molecule has 0 bridgehead atoms. The van der Waals surface area contributed by atoms with Crippen molar-refractivity contribution in [2.75, 3.05) is 6.54 Å². The van der Waals surface area contributed by atoms with Gasteiger partial charge in [0.15, 0.2) is 0 Å². The van der Waals surface area contributed by atoms with Crippen LogP contribution in [0.25, 0.3) is 0 Å². The van der Waals surface area contributed by atoms with E-state index in [1.165, 1.54) is 12.1 Å². The minimum Gasteiger partial charge on any atom is -0.334 e. The second kappa shape index (κ2) is 7.01. The molecular formula is C16H16FNOS. The minimum atomic E-state index is -0.289. The number of carbonyl (C=O) groups is 1. The van der Waals surface area contributed by atoms with Crippen LogP contribution >= 0.6 is 11.3 Å². The lowest BCUT2D eigenvalue weighted by Gasteiger charge is -2.20. The fourth-order valence-electron chi connectivity index (χ4n) is 1.89. The van der Waals surface area contributed by atoms with Crippen LogP contribution in [0.5, 0.6) is 0 Å². The van der Waals surface area contributed by atoms with Gasteiger partial charge in [-0.25, -0.2) is 4.39 Å². The summed E-state index contributed by atoms with van der Waals surface area (Å²) >= 11 is 1.62. The molecule has 0 N–H and O–H groups in total. The summed E-state index contributed by atoms with van der Waals surface area (Å²) in [5.74, 6) is -0.271. The van der Waals surface area contributed by atoms with Crippen molar-refractivity contribution in [2.45, 2.75) is 13.0 Å². The Labute approximate surface area is 122 Å². The third-order valence-corrected chi connectivity index (χ3v) is 3.76. The Morgan fingerprint density at radius 3 is 2.65 bits per heavy atom. The second-order valence-corrected chi connectivity index (χ2v) is 5.48. The Morgan fingerprint density at radius 1 is 1.30 bits per heavy atom. The summed E-state index contributed by atoms with van der Waals surface area (Å²) in [7, 11) is 0. The molecule has 4 heteroatoms. The molecule has 0 radical (unpaired) electrons. The maximum Gasteiger partial charge on any atom is 0.227 e. The van der Waals surface area contributed by atoms with Gasteiger partial charge in [-0.1, -0.05) is 24.3 Å². The highest BCUT2D eigenvalue weighted by Gasteiger charge is 2.13. The van der Waals surface area contributed by atoms with Crippen LogP contribution in [0.15, 0.2) is 54.4 Å². The normalized spacial score (nSPS) is 10.2. The van der Waals surface area contributed by atoms with Crippen molar-refractivity contribution in [3.05, 3.63) is 70.7 Å². The molecule has 20 heavy (non-hydrogen) atoms. The molecule has 0 atom stereocenters. The lowest BCUT2D eigenvalue weighted by molar-refractivity contribution is -0.130. The number of halogens is 1. The summed E-state index contributed by atoms with van der Waals surface area (Å²) in [6.45, 7) is 4.79. The molecule has 0 saturated carbocycles. The van der Waals surface area contributed by atoms with Crippen LogP contribution < -0.4 is 0 Å². The number of hydrogen-bond donors (Lipinski definition) is 0. The van der Waals surface area contributed by atoms with Gasteiger partial charge in [-0.15, -0.1) is 17.9 Å². The van der Waals surface area contributed by atoms with Gasteiger partial charge in [0, 0.05) is 11.4 Å². The first-order valence-electron chi connectivity index (χ1n) is 6.34. The summed E-state index contributed by atoms with van der Waals surface area (Å²) in [6, 6.07) is 10.0. The van der Waals surface area contributed by atoms with Crippen molar-refractivity contribution in [3.8, 4) is 0 Å². The van der Waals surface area contributed by atoms with Gasteiger partial charge in [-0.3, -0.25) is 4.79 Å². The molecule has 1 amide bonds. The molecule has 0 aliphatic carbocycles. The molecule has 2 nitrogen and oxygen atoms in total. The molecule has 0 unspecified atom stereocenters. The number of amides is 1. The second-order valence-electron chi connectivity index (χ2n) is 4.45. The molecule has 0 aliphatic rings. The first kappa shape index (κ1) is 14.5. The van der Waals surface area contributed by atoms with Gasteiger partial charge in [-0.05, 0) is 29.1 Å². The summed E-state index contributed by atoms with van der Waals surface area (Å²) < 4.78 is 12.8. The first-order chi connectivity index (χ1) is 9.69. The number of nitrogens with zero attached hydrogens (tertiary/aromatic N) is 1. The van der Waals surface area contributed by atoms with E-state index in [1.807, 2.05) is 17.5 Å². The molecule has 0 fully saturated rings. The highest BCUT2D eigenvalue weighted by Crippen LogP contribution is 2.13. The fraction of sp³-hybridized carbons (Fsp3) is 0.188. The summed E-state index contributed by atoms with van der Waals surface area (Å²) in [5.41, 5.74) is 0.816. The first-order valence-corrected chi connectivity index (χ1v) is 7.22. The van der Waals surface area contributed by atoms with Gasteiger partial charge >= 0.3 is 0 Å². The zero-order valence-corrected chi connectivity index (χ0v) is 11.9. The van der Waals surface area contributed by atoms with Gasteiger partial charge in [-0.2, -0.15) is 0 Å². The van der Waals surface area contributed by atoms with E-state index in [1.54, 1.807) is 34.4 Å². The Kier molecular flexibility index (Phi) is 5.07. The summed E-state index contributed by atoms with van der Waals surface area (Å²) in [4.78, 5) is 15.2. The van der Waals surface area contributed by atoms with E-state index in [9.17, 15) is 9.18 Å². The van der Waals surface area contributed by atoms with Crippen molar-refractivity contribution >= 4 is 17.2 Å². The van der Waals surface area contributed by atoms with E-state index in [4.69, 9.17) is 0 Å². The van der Waals surface area contributed by atoms with E-state index < -0.39 is 0 Å². The molecule has 1 aromatic heterocycles. The molecule has 2 aromatic rings. The van der Waals surface area contributed by atoms with Crippen molar-refractivity contribution in [2.24, 2.45) is 0 Å². The SMILES string of the molecule is C=CCN(Cc1cccs1)C(=O)Cc1ccc(F)cc1. The number of hydrogen-bond acceptors (Lipinski definition) is 2. The minimum absolute atomic E-state index is 0.0184. The maximum atomic E-state index is 12.8. The van der Waals surface area contributed by atoms with Crippen LogP contribution in [-0.4, -0.2) is 17.4 Å². The van der Waals surface area contributed by atoms with Gasteiger partial charge < -0.3 is 4.90 Å². The van der Waals surface area contributed by atoms with Crippen LogP contribution in [0.4, 0.5) is 4.39 Å². The predicted molar refractivity (Wildman–Crippen MR) is 80.0 cm³/mol. The van der Waals surface area contributed by atoms with Crippen molar-refractivity contribution < 1.29 is 9.18 Å². The Morgan fingerprint density at radius 2 is 2.05 bits per heavy atom. The average Bonchev–Trinajstić information content (AvgIpc) is 2.94. The van der Waals surface area contributed by atoms with Crippen LogP contribution in [-0.2, 0) is 17.8 Å². The fourth-order valence-corrected chi connectivity index (χ4v) is 2.61. The molecule has 0 spiro atoms. The monoisotopic (exact) mass is 289 g/mol. The van der Waals surface area contributed by atoms with Gasteiger partial charge in [0.2, 0.25) is 5.91 Å². The van der Waals surface area contributed by atoms with E-state index >= 15 is 0 Å². The molecule has 1 heterocycles. The van der Waals surface area contributed by atoms with Crippen molar-refractivity contribution in [1.82, 2.24) is 4.90 Å². The molecule has 0 aliphatic heterocycles. The topological polar surface area (TPSA) is 20.3 Å². The average molecular weight is 289 g/mol. The van der Waals surface area contributed by atoms with Crippen molar-refractivity contribution in [3.63, 3.8) is 0 Å². The zero-order valence-electron chi connectivity index (χ0n) is 11.1. The number of rotatable bonds is 6. The molecular weight excluding hydrogens is 273 g/mol. The Bertz CT molecular complexity index is 563. The van der Waals surface area contributed by atoms with E-state index in [-0.39, 0.29) is 18.1 Å². The lowest BCUT2D eigenvalue weighted by atomic mass is 10.1. The third-order valence-electron chi connectivity index (χ3n) is 2.90. The zero-order chi connectivity index (χ0) is 14.4. The van der Waals surface area contributed by atoms with Gasteiger partial charge in [0.25, 0.3) is 0 Å². The quantitative estimate of drug-likeness (QED) is 0.743. The maximum absolute atomic E-state index is 12.8. The van der Waals surface area contributed by atoms with Gasteiger partial charge in [0.1, 0.15) is 5.82 Å². The third kappa shape index (κ3) is 4.03. The summed E-state index contributed by atoms with van der Waals surface area (Å²) in [6.07, 6.45) is 2.00. The highest BCUT2D eigenvalue weighted by molar-refractivity contribution is 7.09. The van der Waals surface area contributed by atoms with Crippen LogP contribution in [0.1, 0.15) is 10.4 Å². The van der Waals surface area contributed by atoms with E-state index in [2.05, 4.69) is 6.58 Å². The van der Waals surface area contributed by atoms with E-state index in [0.29, 0.717) is 13.1 Å². The van der Waals surface area contributed by atoms with Crippen molar-refractivity contribution in [1.29, 1.82) is 0 Å². The highest BCUT2D eigenvalue weighted by atomic mass is 32.1. The Hall–Kier alpha value is -1.94. The van der Waals surface area contributed by atoms with Crippen LogP contribution in [0, 0.1) is 5.82 Å². The smallest absolute Gasteiger partial charge is 0.227 e. The summed E-state index contributed by atoms with van der Waals surface area (Å²) in [5, 5.41) is 1.99. The van der Waals surface area contributed by atoms with Gasteiger partial charge in [0.05, 0.1) is 13.0 Å². The predicted octanol–water partition coefficient (Wildman–Crippen LogP) is 3.64. The molecule has 2 rings (SSSR count). The lowest BCUT2D eigenvalue weighted by Crippen LogP contribution is -2.31. The standard InChI is InChI=1S/C16H16FNOS/c1-2-9-18(12-15-4-3-10-20-15)16(19)11-13-5-7-14(17)8-6-13/h2-8,10H,1,9,11-12H2. The van der Waals surface area contributed by atoms with E-state index in [0.717, 1.165) is 10.4 Å². The number of benzene rings is 1. The molecule has 0 saturated heterocycles. The number of thiophene rings is 1. The Balaban J connectivity index is 2.02. The largest absolute Gasteiger partial charge is 0.334 e.